The van der Waals surface area contributed by atoms with E-state index >= 15 is 0 Å². The van der Waals surface area contributed by atoms with Crippen LogP contribution in [0.5, 0.6) is 0 Å². The van der Waals surface area contributed by atoms with E-state index in [1.54, 1.807) is 0 Å². The summed E-state index contributed by atoms with van der Waals surface area (Å²) in [5.41, 5.74) is -0.450. The molecule has 0 bridgehead atoms. The van der Waals surface area contributed by atoms with E-state index in [0.717, 1.165) is 0 Å². The first-order chi connectivity index (χ1) is 9.90. The second-order valence-electron chi connectivity index (χ2n) is 4.09. The minimum Gasteiger partial charge on any atom is -0.378 e. The van der Waals surface area contributed by atoms with Gasteiger partial charge in [-0.1, -0.05) is 17.7 Å². The predicted octanol–water partition coefficient (Wildman–Crippen LogP) is 4.28. The van der Waals surface area contributed by atoms with E-state index < -0.39 is 22.4 Å². The van der Waals surface area contributed by atoms with Gasteiger partial charge in [-0.2, -0.15) is 0 Å². The summed E-state index contributed by atoms with van der Waals surface area (Å²) >= 11 is 5.86. The highest BCUT2D eigenvalue weighted by atomic mass is 35.5. The molecule has 0 fully saturated rings. The van der Waals surface area contributed by atoms with E-state index in [1.807, 2.05) is 0 Å². The molecular weight excluding hydrogens is 309 g/mol. The normalized spacial score (nSPS) is 10.5. The summed E-state index contributed by atoms with van der Waals surface area (Å²) in [5.74, 6) is -3.56. The molecule has 0 unspecified atom stereocenters. The molecule has 0 heterocycles. The number of anilines is 1. The highest BCUT2D eigenvalue weighted by Gasteiger charge is 2.17. The topological polar surface area (TPSA) is 55.2 Å². The SMILES string of the molecule is O=[N+]([O-])c1cccc(Cl)c1CNc1cc(F)c(F)cc1F. The van der Waals surface area contributed by atoms with Gasteiger partial charge in [-0.15, -0.1) is 0 Å². The lowest BCUT2D eigenvalue weighted by Gasteiger charge is -2.10. The summed E-state index contributed by atoms with van der Waals surface area (Å²) in [6, 6.07) is 5.10. The lowest BCUT2D eigenvalue weighted by Crippen LogP contribution is -2.06. The van der Waals surface area contributed by atoms with Crippen molar-refractivity contribution in [3.63, 3.8) is 0 Å². The van der Waals surface area contributed by atoms with E-state index in [9.17, 15) is 23.3 Å². The number of nitro groups is 1. The molecule has 0 aliphatic rings. The van der Waals surface area contributed by atoms with E-state index in [1.165, 1.54) is 18.2 Å². The first kappa shape index (κ1) is 15.1. The van der Waals surface area contributed by atoms with Gasteiger partial charge in [0.25, 0.3) is 5.69 Å². The Bertz CT molecular complexity index is 710. The number of benzene rings is 2. The molecule has 0 amide bonds. The number of nitrogens with zero attached hydrogens (tertiary/aromatic N) is 1. The lowest BCUT2D eigenvalue weighted by molar-refractivity contribution is -0.385. The maximum atomic E-state index is 13.5. The van der Waals surface area contributed by atoms with Crippen molar-refractivity contribution in [3.8, 4) is 0 Å². The Kier molecular flexibility index (Phi) is 4.32. The van der Waals surface area contributed by atoms with Crippen molar-refractivity contribution in [2.24, 2.45) is 0 Å². The van der Waals surface area contributed by atoms with E-state index in [4.69, 9.17) is 11.6 Å². The van der Waals surface area contributed by atoms with Gasteiger partial charge in [0, 0.05) is 24.7 Å². The van der Waals surface area contributed by atoms with Crippen LogP contribution in [-0.2, 0) is 6.54 Å². The largest absolute Gasteiger partial charge is 0.378 e. The summed E-state index contributed by atoms with van der Waals surface area (Å²) in [4.78, 5) is 10.3. The molecule has 2 aromatic rings. The van der Waals surface area contributed by atoms with Crippen molar-refractivity contribution >= 4 is 23.0 Å². The molecule has 0 spiro atoms. The molecule has 1 N–H and O–H groups in total. The van der Waals surface area contributed by atoms with Crippen molar-refractivity contribution in [3.05, 3.63) is 68.5 Å². The maximum Gasteiger partial charge on any atom is 0.275 e. The highest BCUT2D eigenvalue weighted by Crippen LogP contribution is 2.28. The molecule has 110 valence electrons. The number of halogens is 4. The molecule has 0 radical (unpaired) electrons. The molecule has 4 nitrogen and oxygen atoms in total. The Labute approximate surface area is 122 Å². The summed E-state index contributed by atoms with van der Waals surface area (Å²) in [5, 5.41) is 13.5. The van der Waals surface area contributed by atoms with E-state index in [-0.39, 0.29) is 28.5 Å². The van der Waals surface area contributed by atoms with Crippen molar-refractivity contribution in [1.29, 1.82) is 0 Å². The zero-order valence-electron chi connectivity index (χ0n) is 10.4. The number of nitro benzene ring substituents is 1. The van der Waals surface area contributed by atoms with Crippen LogP contribution in [0.1, 0.15) is 5.56 Å². The van der Waals surface area contributed by atoms with Gasteiger partial charge >= 0.3 is 0 Å². The van der Waals surface area contributed by atoms with Crippen molar-refractivity contribution in [2.45, 2.75) is 6.54 Å². The monoisotopic (exact) mass is 316 g/mol. The third kappa shape index (κ3) is 3.25. The zero-order chi connectivity index (χ0) is 15.6. The van der Waals surface area contributed by atoms with Crippen LogP contribution in [0.2, 0.25) is 5.02 Å². The van der Waals surface area contributed by atoms with Crippen molar-refractivity contribution < 1.29 is 18.1 Å². The molecule has 0 aliphatic carbocycles. The Morgan fingerprint density at radius 2 is 1.81 bits per heavy atom. The molecule has 0 aromatic heterocycles. The van der Waals surface area contributed by atoms with Crippen LogP contribution in [0.15, 0.2) is 30.3 Å². The van der Waals surface area contributed by atoms with Gasteiger partial charge in [-0.05, 0) is 6.07 Å². The van der Waals surface area contributed by atoms with Crippen molar-refractivity contribution in [1.82, 2.24) is 0 Å². The Hall–Kier alpha value is -2.28. The molecule has 0 atom stereocenters. The van der Waals surface area contributed by atoms with Crippen LogP contribution in [0.4, 0.5) is 24.5 Å². The maximum absolute atomic E-state index is 13.5. The number of rotatable bonds is 4. The average molecular weight is 317 g/mol. The number of hydrogen-bond acceptors (Lipinski definition) is 3. The van der Waals surface area contributed by atoms with Crippen LogP contribution in [-0.4, -0.2) is 4.92 Å². The van der Waals surface area contributed by atoms with Gasteiger partial charge in [0.05, 0.1) is 21.2 Å². The first-order valence-electron chi connectivity index (χ1n) is 5.70. The fourth-order valence-corrected chi connectivity index (χ4v) is 1.97. The fourth-order valence-electron chi connectivity index (χ4n) is 1.73. The minimum absolute atomic E-state index is 0.111. The lowest BCUT2D eigenvalue weighted by atomic mass is 10.1. The van der Waals surface area contributed by atoms with Crippen LogP contribution in [0.25, 0.3) is 0 Å². The Balaban J connectivity index is 2.29. The van der Waals surface area contributed by atoms with E-state index in [2.05, 4.69) is 5.32 Å². The average Bonchev–Trinajstić information content (AvgIpc) is 2.42. The van der Waals surface area contributed by atoms with E-state index in [0.29, 0.717) is 12.1 Å². The highest BCUT2D eigenvalue weighted by molar-refractivity contribution is 6.31. The molecule has 8 heteroatoms. The van der Waals surface area contributed by atoms with Crippen LogP contribution < -0.4 is 5.32 Å². The smallest absolute Gasteiger partial charge is 0.275 e. The van der Waals surface area contributed by atoms with Gasteiger partial charge in [0.2, 0.25) is 0 Å². The molecule has 0 aliphatic heterocycles. The molecular formula is C13H8ClF3N2O2. The fraction of sp³-hybridized carbons (Fsp3) is 0.0769. The van der Waals surface area contributed by atoms with Gasteiger partial charge < -0.3 is 5.32 Å². The zero-order valence-corrected chi connectivity index (χ0v) is 11.1. The summed E-state index contributed by atoms with van der Waals surface area (Å²) in [6.45, 7) is -0.210. The van der Waals surface area contributed by atoms with Gasteiger partial charge in [0.15, 0.2) is 11.6 Å². The summed E-state index contributed by atoms with van der Waals surface area (Å²) in [7, 11) is 0. The number of hydrogen-bond donors (Lipinski definition) is 1. The van der Waals surface area contributed by atoms with Crippen molar-refractivity contribution in [2.75, 3.05) is 5.32 Å². The Morgan fingerprint density at radius 3 is 2.48 bits per heavy atom. The molecule has 2 aromatic carbocycles. The van der Waals surface area contributed by atoms with Gasteiger partial charge in [0.1, 0.15) is 5.82 Å². The van der Waals surface area contributed by atoms with Gasteiger partial charge in [-0.25, -0.2) is 13.2 Å². The van der Waals surface area contributed by atoms with Crippen LogP contribution in [0.3, 0.4) is 0 Å². The third-order valence-electron chi connectivity index (χ3n) is 2.76. The first-order valence-corrected chi connectivity index (χ1v) is 6.08. The standard InChI is InChI=1S/C13H8ClF3N2O2/c14-8-2-1-3-13(19(20)21)7(8)6-18-12-5-10(16)9(15)4-11(12)17/h1-5,18H,6H2. The number of nitrogens with one attached hydrogen (secondary N) is 1. The second-order valence-corrected chi connectivity index (χ2v) is 4.50. The molecule has 2 rings (SSSR count). The third-order valence-corrected chi connectivity index (χ3v) is 3.11. The molecule has 21 heavy (non-hydrogen) atoms. The minimum atomic E-state index is -1.32. The second kappa shape index (κ2) is 6.01. The molecule has 0 saturated carbocycles. The predicted molar refractivity (Wildman–Crippen MR) is 71.7 cm³/mol. The quantitative estimate of drug-likeness (QED) is 0.520. The molecule has 0 saturated heterocycles. The summed E-state index contributed by atoms with van der Waals surface area (Å²) < 4.78 is 39.3. The van der Waals surface area contributed by atoms with Crippen LogP contribution in [0, 0.1) is 27.6 Å². The summed E-state index contributed by atoms with van der Waals surface area (Å²) in [6.07, 6.45) is 0. The van der Waals surface area contributed by atoms with Crippen LogP contribution >= 0.6 is 11.6 Å². The Morgan fingerprint density at radius 1 is 1.14 bits per heavy atom. The van der Waals surface area contributed by atoms with Gasteiger partial charge in [-0.3, -0.25) is 10.1 Å².